The predicted molar refractivity (Wildman–Crippen MR) is 211 cm³/mol. The van der Waals surface area contributed by atoms with Crippen LogP contribution >= 0.6 is 0 Å². The number of likely N-dealkylation sites (tertiary alicyclic amines) is 2. The average molecular weight is 806 g/mol. The average Bonchev–Trinajstić information content (AvgIpc) is 3.63. The first-order valence-electron chi connectivity index (χ1n) is 20.3. The molecule has 0 aromatic heterocycles. The van der Waals surface area contributed by atoms with Crippen molar-refractivity contribution >= 4 is 27.5 Å². The highest BCUT2D eigenvalue weighted by Crippen LogP contribution is 2.51. The molecule has 57 heavy (non-hydrogen) atoms. The van der Waals surface area contributed by atoms with Gasteiger partial charge < -0.3 is 29.9 Å². The zero-order chi connectivity index (χ0) is 39.8. The number of hydrogen-bond donors (Lipinski definition) is 2. The molecular weight excluding hydrogens is 753 g/mol. The van der Waals surface area contributed by atoms with Crippen molar-refractivity contribution in [3.8, 4) is 0 Å². The number of nitrogens with zero attached hydrogens (tertiary/aromatic N) is 3. The number of alkyl halides is 1. The van der Waals surface area contributed by atoms with Gasteiger partial charge in [-0.15, -0.1) is 0 Å². The summed E-state index contributed by atoms with van der Waals surface area (Å²) in [7, 11) is -2.44. The predicted octanol–water partition coefficient (Wildman–Crippen LogP) is 5.20. The van der Waals surface area contributed by atoms with Gasteiger partial charge in [0.1, 0.15) is 5.82 Å². The lowest BCUT2D eigenvalue weighted by Crippen LogP contribution is -2.65. The second-order valence-electron chi connectivity index (χ2n) is 16.7. The van der Waals surface area contributed by atoms with Crippen molar-refractivity contribution < 1.29 is 36.3 Å². The lowest BCUT2D eigenvalue weighted by molar-refractivity contribution is -0.00346. The van der Waals surface area contributed by atoms with Crippen molar-refractivity contribution in [2.45, 2.75) is 71.5 Å². The molecule has 2 amide bonds. The number of alkyl carbamates (subject to hydrolysis) is 1. The van der Waals surface area contributed by atoms with Gasteiger partial charge in [-0.05, 0) is 136 Å². The molecule has 4 saturated heterocycles. The highest BCUT2D eigenvalue weighted by atomic mass is 32.2. The van der Waals surface area contributed by atoms with Crippen LogP contribution in [0, 0.1) is 17.7 Å². The molecule has 4 heterocycles. The summed E-state index contributed by atoms with van der Waals surface area (Å²) in [6, 6.07) is 19.4. The van der Waals surface area contributed by atoms with Crippen molar-refractivity contribution in [1.29, 1.82) is 0 Å². The highest BCUT2D eigenvalue weighted by molar-refractivity contribution is 7.91. The minimum atomic E-state index is -3.82. The molecule has 0 bridgehead atoms. The third-order valence-corrected chi connectivity index (χ3v) is 14.9. The van der Waals surface area contributed by atoms with Gasteiger partial charge in [-0.1, -0.05) is 18.6 Å². The molecule has 11 nitrogen and oxygen atoms in total. The van der Waals surface area contributed by atoms with Crippen LogP contribution in [-0.4, -0.2) is 121 Å². The van der Waals surface area contributed by atoms with Crippen molar-refractivity contribution in [3.63, 3.8) is 0 Å². The number of carbonyl (C=O) groups is 2. The number of halogens is 2. The monoisotopic (exact) mass is 805 g/mol. The summed E-state index contributed by atoms with van der Waals surface area (Å²) >= 11 is 0. The van der Waals surface area contributed by atoms with Crippen LogP contribution < -0.4 is 15.5 Å². The number of benzene rings is 3. The molecule has 3 aromatic rings. The Morgan fingerprint density at radius 2 is 1.56 bits per heavy atom. The number of rotatable bonds is 13. The molecule has 4 aliphatic heterocycles. The van der Waals surface area contributed by atoms with Crippen LogP contribution in [0.3, 0.4) is 0 Å². The van der Waals surface area contributed by atoms with Gasteiger partial charge in [-0.25, -0.2) is 22.0 Å². The molecule has 3 aromatic carbocycles. The van der Waals surface area contributed by atoms with Gasteiger partial charge in [-0.3, -0.25) is 9.69 Å². The normalized spacial score (nSPS) is 24.1. The third kappa shape index (κ3) is 8.15. The van der Waals surface area contributed by atoms with E-state index < -0.39 is 21.6 Å². The van der Waals surface area contributed by atoms with E-state index in [-0.39, 0.29) is 63.9 Å². The molecule has 0 spiro atoms. The first-order valence-corrected chi connectivity index (χ1v) is 21.8. The Kier molecular flexibility index (Phi) is 11.3. The van der Waals surface area contributed by atoms with E-state index in [1.165, 1.54) is 37.4 Å². The van der Waals surface area contributed by atoms with Crippen molar-refractivity contribution in [2.24, 2.45) is 11.8 Å². The van der Waals surface area contributed by atoms with Gasteiger partial charge in [0.25, 0.3) is 5.91 Å². The summed E-state index contributed by atoms with van der Waals surface area (Å²) in [6.45, 7) is 5.92. The lowest BCUT2D eigenvalue weighted by atomic mass is 9.57. The number of nitrogens with one attached hydrogen (secondary N) is 2. The van der Waals surface area contributed by atoms with E-state index in [2.05, 4.69) is 26.5 Å². The van der Waals surface area contributed by atoms with Crippen molar-refractivity contribution in [3.05, 3.63) is 89.7 Å². The molecule has 1 saturated carbocycles. The molecular formula is C43H53F2N5O6S. The molecule has 1 unspecified atom stereocenters. The van der Waals surface area contributed by atoms with E-state index in [1.807, 2.05) is 4.90 Å². The van der Waals surface area contributed by atoms with Crippen LogP contribution in [0.5, 0.6) is 0 Å². The number of amides is 2. The van der Waals surface area contributed by atoms with Gasteiger partial charge >= 0.3 is 6.09 Å². The van der Waals surface area contributed by atoms with Crippen LogP contribution in [0.15, 0.2) is 82.6 Å². The Balaban J connectivity index is 0.903. The van der Waals surface area contributed by atoms with E-state index in [0.717, 1.165) is 82.5 Å². The summed E-state index contributed by atoms with van der Waals surface area (Å²) in [4.78, 5) is 31.8. The Bertz CT molecular complexity index is 2020. The van der Waals surface area contributed by atoms with E-state index in [1.54, 1.807) is 36.4 Å². The topological polar surface area (TPSA) is 121 Å². The van der Waals surface area contributed by atoms with Crippen molar-refractivity contribution in [1.82, 2.24) is 20.4 Å². The fourth-order valence-electron chi connectivity index (χ4n) is 10.0. The molecule has 5 aliphatic rings. The molecule has 2 N–H and O–H groups in total. The van der Waals surface area contributed by atoms with Gasteiger partial charge in [0.15, 0.2) is 5.67 Å². The third-order valence-electron chi connectivity index (χ3n) is 13.1. The van der Waals surface area contributed by atoms with Crippen molar-refractivity contribution in [2.75, 3.05) is 77.6 Å². The smallest absolute Gasteiger partial charge is 0.407 e. The zero-order valence-corrected chi connectivity index (χ0v) is 33.3. The van der Waals surface area contributed by atoms with E-state index in [4.69, 9.17) is 9.47 Å². The number of ether oxygens (including phenoxy) is 2. The summed E-state index contributed by atoms with van der Waals surface area (Å²) in [5, 5.41) is 5.98. The first kappa shape index (κ1) is 39.7. The van der Waals surface area contributed by atoms with Gasteiger partial charge in [0.2, 0.25) is 9.84 Å². The molecule has 5 fully saturated rings. The van der Waals surface area contributed by atoms with Crippen LogP contribution in [-0.2, 0) is 24.7 Å². The number of carbonyl (C=O) groups excluding carboxylic acids is 2. The molecule has 14 heteroatoms. The number of piperidine rings is 1. The minimum Gasteiger partial charge on any atom is -0.453 e. The summed E-state index contributed by atoms with van der Waals surface area (Å²) in [5.74, 6) is -0.208. The van der Waals surface area contributed by atoms with Gasteiger partial charge in [0, 0.05) is 35.8 Å². The van der Waals surface area contributed by atoms with E-state index in [9.17, 15) is 18.0 Å². The summed E-state index contributed by atoms with van der Waals surface area (Å²) in [5.41, 5.74) is 0.326. The van der Waals surface area contributed by atoms with Crippen LogP contribution in [0.2, 0.25) is 0 Å². The lowest BCUT2D eigenvalue weighted by Gasteiger charge is -2.54. The summed E-state index contributed by atoms with van der Waals surface area (Å²) < 4.78 is 68.2. The number of anilines is 1. The van der Waals surface area contributed by atoms with E-state index >= 15 is 8.78 Å². The second-order valence-corrected chi connectivity index (χ2v) is 18.7. The Morgan fingerprint density at radius 3 is 2.16 bits per heavy atom. The van der Waals surface area contributed by atoms with Crippen LogP contribution in [0.1, 0.15) is 54.4 Å². The molecule has 0 radical (unpaired) electrons. The van der Waals surface area contributed by atoms with Crippen LogP contribution in [0.4, 0.5) is 19.3 Å². The summed E-state index contributed by atoms with van der Waals surface area (Å²) in [6.07, 6.45) is 5.13. The maximum absolute atomic E-state index is 16.3. The standard InChI is InChI=1S/C43H53F2N5O6S/c1-55-41(52)47-39-8-3-7-38(39)43(29-48-19-4-20-48,32-5-2-6-33(44)23-32)31-17-21-49(22-18-31)26-42(45)27-50(28-42)35-11-15-37(16-12-35)57(53,54)36-13-9-30(10-14-36)40(51)46-34-24-56-25-34/h2,5-6,9-16,23,31,34,38-39H,3-4,7-8,17-22,24-29H2,1H3,(H,46,51)(H,47,52)/t38-,39-,43?/m0/s1. The van der Waals surface area contributed by atoms with Crippen LogP contribution in [0.25, 0.3) is 0 Å². The molecule has 1 aliphatic carbocycles. The van der Waals surface area contributed by atoms with Gasteiger partial charge in [-0.2, -0.15) is 0 Å². The number of hydrogen-bond acceptors (Lipinski definition) is 9. The Hall–Kier alpha value is -4.11. The molecule has 3 atom stereocenters. The fourth-order valence-corrected chi connectivity index (χ4v) is 11.3. The molecule has 306 valence electrons. The fraction of sp³-hybridized carbons (Fsp3) is 0.535. The number of methoxy groups -OCH3 is 1. The zero-order valence-electron chi connectivity index (χ0n) is 32.5. The quantitative estimate of drug-likeness (QED) is 0.241. The number of sulfone groups is 1. The minimum absolute atomic E-state index is 0.0269. The van der Waals surface area contributed by atoms with E-state index in [0.29, 0.717) is 25.3 Å². The SMILES string of the molecule is COC(=O)N[C@H]1CCC[C@@H]1C(CN1CCC1)(c1cccc(F)c1)C1CCN(CC2(F)CN(c3ccc(S(=O)(=O)c4ccc(C(=O)NC5COC5)cc4)cc3)C2)CC1. The Morgan fingerprint density at radius 1 is 0.877 bits per heavy atom. The second kappa shape index (κ2) is 16.3. The molecule has 8 rings (SSSR count). The largest absolute Gasteiger partial charge is 0.453 e. The first-order chi connectivity index (χ1) is 27.5. The Labute approximate surface area is 334 Å². The van der Waals surface area contributed by atoms with Gasteiger partial charge in [0.05, 0.1) is 49.2 Å². The highest BCUT2D eigenvalue weighted by Gasteiger charge is 2.54. The maximum Gasteiger partial charge on any atom is 0.407 e. The maximum atomic E-state index is 16.3.